The second kappa shape index (κ2) is 9.32. The average Bonchev–Trinajstić information content (AvgIpc) is 2.34. The van der Waals surface area contributed by atoms with Crippen LogP contribution in [0.2, 0.25) is 0 Å². The minimum atomic E-state index is -0.287. The third kappa shape index (κ3) is 7.53. The van der Waals surface area contributed by atoms with Crippen LogP contribution in [0.3, 0.4) is 0 Å². The molecule has 0 aromatic heterocycles. The number of hydrogen-bond donors (Lipinski definition) is 1. The Balaban J connectivity index is 2.16. The minimum Gasteiger partial charge on any atom is -0.492 e. The van der Waals surface area contributed by atoms with Crippen LogP contribution < -0.4 is 10.1 Å². The second-order valence-corrected chi connectivity index (χ2v) is 5.72. The summed E-state index contributed by atoms with van der Waals surface area (Å²) in [7, 11) is 0. The molecule has 0 radical (unpaired) electrons. The molecule has 2 nitrogen and oxygen atoms in total. The van der Waals surface area contributed by atoms with Gasteiger partial charge in [-0.15, -0.1) is 0 Å². The van der Waals surface area contributed by atoms with Crippen LogP contribution >= 0.6 is 15.9 Å². The molecule has 19 heavy (non-hydrogen) atoms. The number of halogens is 2. The van der Waals surface area contributed by atoms with Crippen LogP contribution in [0.1, 0.15) is 39.5 Å². The van der Waals surface area contributed by atoms with Gasteiger partial charge in [0, 0.05) is 23.1 Å². The molecule has 0 aliphatic carbocycles. The lowest BCUT2D eigenvalue weighted by atomic mass is 10.1. The second-order valence-electron chi connectivity index (χ2n) is 4.80. The maximum Gasteiger partial charge on any atom is 0.128 e. The van der Waals surface area contributed by atoms with Crippen molar-refractivity contribution < 1.29 is 9.13 Å². The van der Waals surface area contributed by atoms with E-state index in [-0.39, 0.29) is 5.82 Å². The zero-order valence-electron chi connectivity index (χ0n) is 11.7. The Morgan fingerprint density at radius 3 is 2.79 bits per heavy atom. The van der Waals surface area contributed by atoms with Crippen molar-refractivity contribution in [3.63, 3.8) is 0 Å². The van der Waals surface area contributed by atoms with Gasteiger partial charge >= 0.3 is 0 Å². The minimum absolute atomic E-state index is 0.287. The van der Waals surface area contributed by atoms with Gasteiger partial charge in [-0.25, -0.2) is 4.39 Å². The maximum atomic E-state index is 13.1. The van der Waals surface area contributed by atoms with Crippen molar-refractivity contribution in [1.82, 2.24) is 5.32 Å². The summed E-state index contributed by atoms with van der Waals surface area (Å²) in [5.74, 6) is 0.276. The standard InChI is InChI=1S/C15H23BrFNO/c1-3-4-5-6-12(2)18-7-8-19-15-10-13(16)9-14(17)11-15/h9-12,18H,3-8H2,1-2H3. The summed E-state index contributed by atoms with van der Waals surface area (Å²) in [5, 5.41) is 3.41. The summed E-state index contributed by atoms with van der Waals surface area (Å²) < 4.78 is 19.3. The third-order valence-corrected chi connectivity index (χ3v) is 3.40. The molecule has 1 atom stereocenters. The quantitative estimate of drug-likeness (QED) is 0.671. The van der Waals surface area contributed by atoms with Gasteiger partial charge in [-0.05, 0) is 25.5 Å². The molecule has 1 aromatic carbocycles. The lowest BCUT2D eigenvalue weighted by molar-refractivity contribution is 0.302. The van der Waals surface area contributed by atoms with Gasteiger partial charge < -0.3 is 10.1 Å². The molecule has 0 bridgehead atoms. The fourth-order valence-electron chi connectivity index (χ4n) is 1.89. The Kier molecular flexibility index (Phi) is 8.07. The number of nitrogens with one attached hydrogen (secondary N) is 1. The maximum absolute atomic E-state index is 13.1. The fraction of sp³-hybridized carbons (Fsp3) is 0.600. The molecule has 0 heterocycles. The van der Waals surface area contributed by atoms with Gasteiger partial charge in [-0.3, -0.25) is 0 Å². The predicted octanol–water partition coefficient (Wildman–Crippen LogP) is 4.53. The van der Waals surface area contributed by atoms with Crippen molar-refractivity contribution in [2.45, 2.75) is 45.6 Å². The van der Waals surface area contributed by atoms with E-state index in [1.165, 1.54) is 37.8 Å². The molecule has 4 heteroatoms. The molecule has 1 unspecified atom stereocenters. The van der Waals surface area contributed by atoms with Gasteiger partial charge in [-0.1, -0.05) is 42.1 Å². The first-order chi connectivity index (χ1) is 9.11. The predicted molar refractivity (Wildman–Crippen MR) is 81.2 cm³/mol. The molecule has 0 saturated carbocycles. The van der Waals surface area contributed by atoms with Crippen molar-refractivity contribution in [2.24, 2.45) is 0 Å². The number of hydrogen-bond acceptors (Lipinski definition) is 2. The highest BCUT2D eigenvalue weighted by Gasteiger charge is 2.02. The van der Waals surface area contributed by atoms with Gasteiger partial charge in [0.15, 0.2) is 0 Å². The number of unbranched alkanes of at least 4 members (excludes halogenated alkanes) is 2. The lowest BCUT2D eigenvalue weighted by Gasteiger charge is -2.14. The van der Waals surface area contributed by atoms with Gasteiger partial charge in [0.2, 0.25) is 0 Å². The Hall–Kier alpha value is -0.610. The molecule has 0 aliphatic heterocycles. The van der Waals surface area contributed by atoms with Gasteiger partial charge in [0.1, 0.15) is 18.2 Å². The summed E-state index contributed by atoms with van der Waals surface area (Å²) in [6.07, 6.45) is 5.01. The van der Waals surface area contributed by atoms with Gasteiger partial charge in [0.05, 0.1) is 0 Å². The van der Waals surface area contributed by atoms with Crippen molar-refractivity contribution in [1.29, 1.82) is 0 Å². The van der Waals surface area contributed by atoms with Crippen LogP contribution in [0.15, 0.2) is 22.7 Å². The molecular formula is C15H23BrFNO. The Labute approximate surface area is 123 Å². The third-order valence-electron chi connectivity index (χ3n) is 2.94. The normalized spacial score (nSPS) is 12.4. The van der Waals surface area contributed by atoms with Gasteiger partial charge in [-0.2, -0.15) is 0 Å². The van der Waals surface area contributed by atoms with E-state index < -0.39 is 0 Å². The number of rotatable bonds is 9. The molecule has 1 aromatic rings. The highest BCUT2D eigenvalue weighted by Crippen LogP contribution is 2.20. The van der Waals surface area contributed by atoms with E-state index >= 15 is 0 Å². The first kappa shape index (κ1) is 16.4. The van der Waals surface area contributed by atoms with E-state index in [9.17, 15) is 4.39 Å². The highest BCUT2D eigenvalue weighted by molar-refractivity contribution is 9.10. The van der Waals surface area contributed by atoms with E-state index in [0.717, 1.165) is 6.54 Å². The van der Waals surface area contributed by atoms with Crippen molar-refractivity contribution in [2.75, 3.05) is 13.2 Å². The van der Waals surface area contributed by atoms with Crippen molar-refractivity contribution in [3.8, 4) is 5.75 Å². The summed E-state index contributed by atoms with van der Waals surface area (Å²) >= 11 is 3.24. The molecule has 0 spiro atoms. The largest absolute Gasteiger partial charge is 0.492 e. The molecule has 1 N–H and O–H groups in total. The first-order valence-electron chi connectivity index (χ1n) is 6.94. The molecule has 0 aliphatic rings. The smallest absolute Gasteiger partial charge is 0.128 e. The fourth-order valence-corrected chi connectivity index (χ4v) is 2.33. The average molecular weight is 332 g/mol. The summed E-state index contributed by atoms with van der Waals surface area (Å²) in [6, 6.07) is 5.10. The Morgan fingerprint density at radius 2 is 2.11 bits per heavy atom. The summed E-state index contributed by atoms with van der Waals surface area (Å²) in [6.45, 7) is 5.73. The van der Waals surface area contributed by atoms with Crippen LogP contribution in [0.5, 0.6) is 5.75 Å². The molecule has 108 valence electrons. The van der Waals surface area contributed by atoms with Gasteiger partial charge in [0.25, 0.3) is 0 Å². The molecular weight excluding hydrogens is 309 g/mol. The first-order valence-corrected chi connectivity index (χ1v) is 7.73. The molecule has 1 rings (SSSR count). The van der Waals surface area contributed by atoms with E-state index in [1.54, 1.807) is 6.07 Å². The summed E-state index contributed by atoms with van der Waals surface area (Å²) in [5.41, 5.74) is 0. The van der Waals surface area contributed by atoms with E-state index in [4.69, 9.17) is 4.74 Å². The Morgan fingerprint density at radius 1 is 1.32 bits per heavy atom. The monoisotopic (exact) mass is 331 g/mol. The Bertz CT molecular complexity index is 353. The van der Waals surface area contributed by atoms with Crippen molar-refractivity contribution >= 4 is 15.9 Å². The summed E-state index contributed by atoms with van der Waals surface area (Å²) in [4.78, 5) is 0. The molecule has 0 saturated heterocycles. The molecule has 0 amide bonds. The zero-order chi connectivity index (χ0) is 14.1. The SMILES string of the molecule is CCCCCC(C)NCCOc1cc(F)cc(Br)c1. The van der Waals surface area contributed by atoms with E-state index in [0.29, 0.717) is 22.9 Å². The van der Waals surface area contributed by atoms with E-state index in [2.05, 4.69) is 35.1 Å². The number of benzene rings is 1. The van der Waals surface area contributed by atoms with Crippen LogP contribution in [0, 0.1) is 5.82 Å². The van der Waals surface area contributed by atoms with E-state index in [1.807, 2.05) is 0 Å². The number of ether oxygens (including phenoxy) is 1. The van der Waals surface area contributed by atoms with Crippen LogP contribution in [0.4, 0.5) is 4.39 Å². The van der Waals surface area contributed by atoms with Crippen LogP contribution in [-0.2, 0) is 0 Å². The topological polar surface area (TPSA) is 21.3 Å². The van der Waals surface area contributed by atoms with Crippen LogP contribution in [0.25, 0.3) is 0 Å². The van der Waals surface area contributed by atoms with Crippen molar-refractivity contribution in [3.05, 3.63) is 28.5 Å². The zero-order valence-corrected chi connectivity index (χ0v) is 13.3. The highest BCUT2D eigenvalue weighted by atomic mass is 79.9. The lowest BCUT2D eigenvalue weighted by Crippen LogP contribution is -2.30. The molecule has 0 fully saturated rings. The van der Waals surface area contributed by atoms with Crippen LogP contribution in [-0.4, -0.2) is 19.2 Å².